The first-order chi connectivity index (χ1) is 12.8. The number of aromatic hydroxyl groups is 2. The lowest BCUT2D eigenvalue weighted by Gasteiger charge is -2.13. The van der Waals surface area contributed by atoms with Crippen molar-refractivity contribution in [2.75, 3.05) is 0 Å². The molecule has 2 N–H and O–H groups in total. The smallest absolute Gasteiger partial charge is 0.416 e. The Morgan fingerprint density at radius 3 is 2.37 bits per heavy atom. The van der Waals surface area contributed by atoms with Crippen LogP contribution in [0.25, 0.3) is 11.1 Å². The van der Waals surface area contributed by atoms with Gasteiger partial charge in [0.25, 0.3) is 0 Å². The monoisotopic (exact) mass is 372 g/mol. The van der Waals surface area contributed by atoms with Gasteiger partial charge in [0.1, 0.15) is 23.0 Å². The number of alkyl halides is 3. The van der Waals surface area contributed by atoms with Gasteiger partial charge in [-0.2, -0.15) is 13.2 Å². The highest BCUT2D eigenvalue weighted by atomic mass is 19.4. The highest BCUT2D eigenvalue weighted by Gasteiger charge is 2.30. The van der Waals surface area contributed by atoms with E-state index in [4.69, 9.17) is 4.74 Å². The van der Waals surface area contributed by atoms with Crippen LogP contribution in [0.1, 0.15) is 16.7 Å². The molecule has 3 aromatic carbocycles. The summed E-state index contributed by atoms with van der Waals surface area (Å²) in [6.45, 7) is 0. The van der Waals surface area contributed by atoms with E-state index in [-0.39, 0.29) is 11.5 Å². The number of ether oxygens (including phenoxy) is 1. The Bertz CT molecular complexity index is 1030. The van der Waals surface area contributed by atoms with Gasteiger partial charge in [-0.1, -0.05) is 24.3 Å². The molecule has 1 aliphatic rings. The molecule has 4 rings (SSSR count). The standard InChI is InChI=1S/C21H15F3O3/c22-21(23,24)15-3-1-2-13(8-15)14-5-4-12-6-7-17-18(26)10-16(25)11-20(17)27-19(12)9-14/h1-5,8-11,25-26H,6-7H2. The molecule has 0 atom stereocenters. The van der Waals surface area contributed by atoms with Crippen LogP contribution in [0.5, 0.6) is 23.0 Å². The van der Waals surface area contributed by atoms with Crippen molar-refractivity contribution >= 4 is 0 Å². The summed E-state index contributed by atoms with van der Waals surface area (Å²) in [6.07, 6.45) is -3.28. The van der Waals surface area contributed by atoms with Gasteiger partial charge in [0.2, 0.25) is 0 Å². The average molecular weight is 372 g/mol. The molecule has 0 unspecified atom stereocenters. The van der Waals surface area contributed by atoms with E-state index >= 15 is 0 Å². The van der Waals surface area contributed by atoms with Gasteiger partial charge >= 0.3 is 6.18 Å². The summed E-state index contributed by atoms with van der Waals surface area (Å²) in [4.78, 5) is 0. The Hall–Kier alpha value is -3.15. The number of rotatable bonds is 1. The van der Waals surface area contributed by atoms with Gasteiger partial charge in [0.05, 0.1) is 5.56 Å². The minimum absolute atomic E-state index is 0.0455. The van der Waals surface area contributed by atoms with Crippen molar-refractivity contribution in [2.45, 2.75) is 19.0 Å². The molecule has 0 radical (unpaired) electrons. The number of hydrogen-bond donors (Lipinski definition) is 2. The van der Waals surface area contributed by atoms with Gasteiger partial charge in [-0.05, 0) is 47.7 Å². The number of benzene rings is 3. The predicted octanol–water partition coefficient (Wildman–Crippen LogP) is 5.67. The maximum absolute atomic E-state index is 13.0. The molecule has 0 bridgehead atoms. The maximum Gasteiger partial charge on any atom is 0.416 e. The lowest BCUT2D eigenvalue weighted by molar-refractivity contribution is -0.137. The second kappa shape index (κ2) is 6.23. The molecule has 0 amide bonds. The van der Waals surface area contributed by atoms with E-state index in [1.165, 1.54) is 18.2 Å². The van der Waals surface area contributed by atoms with Crippen LogP contribution >= 0.6 is 0 Å². The van der Waals surface area contributed by atoms with Crippen LogP contribution < -0.4 is 4.74 Å². The number of hydrogen-bond acceptors (Lipinski definition) is 3. The second-order valence-corrected chi connectivity index (χ2v) is 6.44. The SMILES string of the molecule is Oc1cc(O)c2c(c1)Oc1cc(-c3cccc(C(F)(F)F)c3)ccc1CC2. The van der Waals surface area contributed by atoms with Crippen LogP contribution in [0.4, 0.5) is 13.2 Å². The molecular formula is C21H15F3O3. The van der Waals surface area contributed by atoms with Crippen LogP contribution in [0, 0.1) is 0 Å². The molecule has 0 spiro atoms. The summed E-state index contributed by atoms with van der Waals surface area (Å²) in [5.74, 6) is 0.667. The fourth-order valence-corrected chi connectivity index (χ4v) is 3.25. The van der Waals surface area contributed by atoms with Crippen molar-refractivity contribution < 1.29 is 28.1 Å². The van der Waals surface area contributed by atoms with Gasteiger partial charge in [-0.25, -0.2) is 0 Å². The summed E-state index contributed by atoms with van der Waals surface area (Å²) in [6, 6.07) is 13.0. The summed E-state index contributed by atoms with van der Waals surface area (Å²) in [5.41, 5.74) is 1.77. The first kappa shape index (κ1) is 17.3. The van der Waals surface area contributed by atoms with Gasteiger partial charge in [0.15, 0.2) is 0 Å². The summed E-state index contributed by atoms with van der Waals surface area (Å²) in [5, 5.41) is 19.7. The van der Waals surface area contributed by atoms with Crippen molar-refractivity contribution in [3.63, 3.8) is 0 Å². The summed E-state index contributed by atoms with van der Waals surface area (Å²) >= 11 is 0. The molecular weight excluding hydrogens is 357 g/mol. The predicted molar refractivity (Wildman–Crippen MR) is 94.1 cm³/mol. The van der Waals surface area contributed by atoms with Crippen molar-refractivity contribution in [1.29, 1.82) is 0 Å². The normalized spacial score (nSPS) is 13.3. The Morgan fingerprint density at radius 2 is 1.59 bits per heavy atom. The van der Waals surface area contributed by atoms with Crippen molar-refractivity contribution in [2.24, 2.45) is 0 Å². The number of fused-ring (bicyclic) bond motifs is 2. The molecule has 3 aromatic rings. The van der Waals surface area contributed by atoms with Crippen molar-refractivity contribution in [1.82, 2.24) is 0 Å². The van der Waals surface area contributed by atoms with Gasteiger partial charge < -0.3 is 14.9 Å². The Kier molecular flexibility index (Phi) is 3.98. The molecule has 138 valence electrons. The molecule has 0 fully saturated rings. The van der Waals surface area contributed by atoms with Crippen LogP contribution in [-0.2, 0) is 19.0 Å². The third-order valence-electron chi connectivity index (χ3n) is 4.62. The average Bonchev–Trinajstić information content (AvgIpc) is 2.79. The number of phenols is 2. The Balaban J connectivity index is 1.76. The number of halogens is 3. The molecule has 3 nitrogen and oxygen atoms in total. The van der Waals surface area contributed by atoms with Crippen molar-refractivity contribution in [3.8, 4) is 34.1 Å². The minimum atomic E-state index is -4.41. The van der Waals surface area contributed by atoms with Gasteiger partial charge in [-0.3, -0.25) is 0 Å². The van der Waals surface area contributed by atoms with E-state index in [0.717, 1.165) is 17.7 Å². The van der Waals surface area contributed by atoms with E-state index in [1.807, 2.05) is 6.07 Å². The third kappa shape index (κ3) is 3.30. The summed E-state index contributed by atoms with van der Waals surface area (Å²) in [7, 11) is 0. The van der Waals surface area contributed by atoms with E-state index in [2.05, 4.69) is 0 Å². The fraction of sp³-hybridized carbons (Fsp3) is 0.143. The topological polar surface area (TPSA) is 49.7 Å². The molecule has 0 aliphatic carbocycles. The zero-order valence-corrected chi connectivity index (χ0v) is 14.0. The molecule has 1 heterocycles. The molecule has 27 heavy (non-hydrogen) atoms. The number of aryl methyl sites for hydroxylation is 1. The Labute approximate surface area is 153 Å². The van der Waals surface area contributed by atoms with Crippen LogP contribution in [0.3, 0.4) is 0 Å². The second-order valence-electron chi connectivity index (χ2n) is 6.44. The van der Waals surface area contributed by atoms with Crippen LogP contribution in [-0.4, -0.2) is 10.2 Å². The lowest BCUT2D eigenvalue weighted by Crippen LogP contribution is -2.04. The molecule has 0 aromatic heterocycles. The Morgan fingerprint density at radius 1 is 0.815 bits per heavy atom. The first-order valence-corrected chi connectivity index (χ1v) is 8.34. The van der Waals surface area contributed by atoms with Gasteiger partial charge in [-0.15, -0.1) is 0 Å². The molecule has 0 saturated carbocycles. The first-order valence-electron chi connectivity index (χ1n) is 8.34. The van der Waals surface area contributed by atoms with E-state index in [0.29, 0.717) is 41.0 Å². The maximum atomic E-state index is 13.0. The molecule has 6 heteroatoms. The third-order valence-corrected chi connectivity index (χ3v) is 4.62. The van der Waals surface area contributed by atoms with E-state index in [1.54, 1.807) is 18.2 Å². The molecule has 1 aliphatic heterocycles. The van der Waals surface area contributed by atoms with E-state index < -0.39 is 11.7 Å². The highest BCUT2D eigenvalue weighted by Crippen LogP contribution is 2.42. The van der Waals surface area contributed by atoms with Crippen molar-refractivity contribution in [3.05, 3.63) is 71.3 Å². The highest BCUT2D eigenvalue weighted by molar-refractivity contribution is 5.68. The van der Waals surface area contributed by atoms with E-state index in [9.17, 15) is 23.4 Å². The lowest BCUT2D eigenvalue weighted by atomic mass is 9.98. The molecule has 0 saturated heterocycles. The van der Waals surface area contributed by atoms with Crippen LogP contribution in [0.2, 0.25) is 0 Å². The van der Waals surface area contributed by atoms with Crippen LogP contribution in [0.15, 0.2) is 54.6 Å². The van der Waals surface area contributed by atoms with Gasteiger partial charge in [0, 0.05) is 17.7 Å². The number of phenolic OH excluding ortho intramolecular Hbond substituents is 2. The quantitative estimate of drug-likeness (QED) is 0.578. The minimum Gasteiger partial charge on any atom is -0.508 e. The zero-order chi connectivity index (χ0) is 19.2. The zero-order valence-electron chi connectivity index (χ0n) is 14.0. The summed E-state index contributed by atoms with van der Waals surface area (Å²) < 4.78 is 44.8. The fourth-order valence-electron chi connectivity index (χ4n) is 3.25. The largest absolute Gasteiger partial charge is 0.508 e.